The van der Waals surface area contributed by atoms with Crippen molar-refractivity contribution in [1.82, 2.24) is 4.90 Å². The van der Waals surface area contributed by atoms with Gasteiger partial charge in [-0.05, 0) is 60.3 Å². The van der Waals surface area contributed by atoms with Crippen LogP contribution in [0.5, 0.6) is 5.75 Å². The molecule has 2 aromatic carbocycles. The summed E-state index contributed by atoms with van der Waals surface area (Å²) in [6.07, 6.45) is 6.88. The summed E-state index contributed by atoms with van der Waals surface area (Å²) in [6, 6.07) is 11.6. The molecule has 3 aliphatic rings. The molecule has 1 aliphatic carbocycles. The van der Waals surface area contributed by atoms with E-state index in [0.29, 0.717) is 19.6 Å². The molecule has 0 aromatic heterocycles. The third-order valence-corrected chi connectivity index (χ3v) is 8.33. The lowest BCUT2D eigenvalue weighted by molar-refractivity contribution is -0.140. The number of benzene rings is 2. The van der Waals surface area contributed by atoms with E-state index in [4.69, 9.17) is 4.74 Å². The van der Waals surface area contributed by atoms with E-state index in [-0.39, 0.29) is 48.0 Å². The lowest BCUT2D eigenvalue weighted by Gasteiger charge is -2.31. The van der Waals surface area contributed by atoms with Gasteiger partial charge in [0.2, 0.25) is 11.8 Å². The number of allylic oxidation sites excluding steroid dienone is 1. The summed E-state index contributed by atoms with van der Waals surface area (Å²) in [4.78, 5) is 27.6. The van der Waals surface area contributed by atoms with Gasteiger partial charge in [-0.3, -0.25) is 14.5 Å². The zero-order valence-electron chi connectivity index (χ0n) is 21.8. The van der Waals surface area contributed by atoms with Crippen LogP contribution in [0.1, 0.15) is 57.9 Å². The molecule has 2 saturated heterocycles. The molecule has 2 N–H and O–H groups in total. The first-order chi connectivity index (χ1) is 18.0. The number of phenolic OH excluding ortho intramolecular Hbond substituents is 1. The van der Waals surface area contributed by atoms with Crippen LogP contribution in [0.4, 0.5) is 0 Å². The number of carbonyl (C=O) groups excluding carboxylic acids is 2. The monoisotopic (exact) mass is 503 g/mol. The van der Waals surface area contributed by atoms with Gasteiger partial charge in [-0.15, -0.1) is 0 Å². The van der Waals surface area contributed by atoms with E-state index in [2.05, 4.69) is 13.0 Å². The number of phenols is 1. The minimum atomic E-state index is -0.365. The molecule has 0 bridgehead atoms. The van der Waals surface area contributed by atoms with E-state index in [9.17, 15) is 19.8 Å². The molecule has 2 aromatic rings. The Bertz CT molecular complexity index is 1260. The number of aliphatic hydroxyl groups is 1. The molecule has 0 radical (unpaired) electrons. The second kappa shape index (κ2) is 10.8. The maximum atomic E-state index is 13.2. The van der Waals surface area contributed by atoms with E-state index in [1.165, 1.54) is 10.5 Å². The van der Waals surface area contributed by atoms with Crippen molar-refractivity contribution in [1.29, 1.82) is 0 Å². The van der Waals surface area contributed by atoms with Gasteiger partial charge in [-0.1, -0.05) is 62.2 Å². The molecular formula is C31H37NO5. The number of aromatic hydroxyl groups is 1. The van der Waals surface area contributed by atoms with Gasteiger partial charge in [0.25, 0.3) is 0 Å². The largest absolute Gasteiger partial charge is 0.507 e. The van der Waals surface area contributed by atoms with Gasteiger partial charge in [-0.2, -0.15) is 0 Å². The number of carbonyl (C=O) groups is 2. The van der Waals surface area contributed by atoms with Crippen LogP contribution in [-0.4, -0.2) is 52.8 Å². The minimum Gasteiger partial charge on any atom is -0.507 e. The van der Waals surface area contributed by atoms with Crippen LogP contribution in [-0.2, 0) is 14.3 Å². The highest BCUT2D eigenvalue weighted by atomic mass is 16.5. The Morgan fingerprint density at radius 1 is 1.03 bits per heavy atom. The SMILES string of the molecule is CCC/C(=C\c1ccc(O)c2ccccc12)CC[C@H]1OC[C@H]2C1=C(CO)C[C@H]1C(=O)N(CCC)C(=O)[C@H]12. The zero-order chi connectivity index (χ0) is 26.1. The van der Waals surface area contributed by atoms with Crippen molar-refractivity contribution in [3.63, 3.8) is 0 Å². The number of hydrogen-bond acceptors (Lipinski definition) is 5. The predicted octanol–water partition coefficient (Wildman–Crippen LogP) is 5.23. The molecular weight excluding hydrogens is 466 g/mol. The van der Waals surface area contributed by atoms with Gasteiger partial charge in [-0.25, -0.2) is 0 Å². The number of rotatable bonds is 9. The molecule has 5 rings (SSSR count). The molecule has 37 heavy (non-hydrogen) atoms. The summed E-state index contributed by atoms with van der Waals surface area (Å²) in [5.41, 5.74) is 4.35. The Kier molecular flexibility index (Phi) is 7.50. The van der Waals surface area contributed by atoms with Crippen molar-refractivity contribution >= 4 is 28.7 Å². The second-order valence-corrected chi connectivity index (χ2v) is 10.6. The lowest BCUT2D eigenvalue weighted by Crippen LogP contribution is -2.35. The average Bonchev–Trinajstić information content (AvgIpc) is 3.43. The Morgan fingerprint density at radius 3 is 2.54 bits per heavy atom. The minimum absolute atomic E-state index is 0.0636. The van der Waals surface area contributed by atoms with Gasteiger partial charge in [0.05, 0.1) is 31.2 Å². The van der Waals surface area contributed by atoms with Crippen molar-refractivity contribution in [3.8, 4) is 5.75 Å². The Labute approximate surface area is 218 Å². The summed E-state index contributed by atoms with van der Waals surface area (Å²) in [5, 5.41) is 22.4. The second-order valence-electron chi connectivity index (χ2n) is 10.6. The maximum Gasteiger partial charge on any atom is 0.233 e. The highest BCUT2D eigenvalue weighted by Crippen LogP contribution is 2.49. The number of imide groups is 1. The first kappa shape index (κ1) is 25.7. The molecule has 2 aliphatic heterocycles. The van der Waals surface area contributed by atoms with Gasteiger partial charge in [0.15, 0.2) is 0 Å². The fourth-order valence-electron chi connectivity index (χ4n) is 6.69. The molecule has 0 saturated carbocycles. The van der Waals surface area contributed by atoms with Crippen molar-refractivity contribution in [2.45, 2.75) is 58.5 Å². The topological polar surface area (TPSA) is 87.1 Å². The molecule has 2 fully saturated rings. The van der Waals surface area contributed by atoms with Gasteiger partial charge >= 0.3 is 0 Å². The van der Waals surface area contributed by atoms with E-state index in [1.54, 1.807) is 6.07 Å². The summed E-state index contributed by atoms with van der Waals surface area (Å²) >= 11 is 0. The zero-order valence-corrected chi connectivity index (χ0v) is 21.8. The van der Waals surface area contributed by atoms with Crippen LogP contribution in [0.3, 0.4) is 0 Å². The summed E-state index contributed by atoms with van der Waals surface area (Å²) < 4.78 is 6.27. The van der Waals surface area contributed by atoms with Crippen molar-refractivity contribution in [2.24, 2.45) is 17.8 Å². The first-order valence-corrected chi connectivity index (χ1v) is 13.7. The van der Waals surface area contributed by atoms with Crippen LogP contribution in [0.15, 0.2) is 53.1 Å². The Hall–Kier alpha value is -2.96. The molecule has 2 heterocycles. The third kappa shape index (κ3) is 4.62. The summed E-state index contributed by atoms with van der Waals surface area (Å²) in [6.45, 7) is 4.94. The number of ether oxygens (including phenoxy) is 1. The maximum absolute atomic E-state index is 13.2. The molecule has 196 valence electrons. The van der Waals surface area contributed by atoms with Crippen LogP contribution < -0.4 is 0 Å². The van der Waals surface area contributed by atoms with E-state index >= 15 is 0 Å². The highest BCUT2D eigenvalue weighted by molar-refractivity contribution is 6.06. The van der Waals surface area contributed by atoms with E-state index in [0.717, 1.165) is 59.6 Å². The van der Waals surface area contributed by atoms with Gasteiger partial charge in [0.1, 0.15) is 5.75 Å². The molecule has 6 heteroatoms. The fourth-order valence-corrected chi connectivity index (χ4v) is 6.69. The Balaban J connectivity index is 1.38. The number of hydrogen-bond donors (Lipinski definition) is 2. The smallest absolute Gasteiger partial charge is 0.233 e. The van der Waals surface area contributed by atoms with E-state index in [1.807, 2.05) is 37.3 Å². The number of likely N-dealkylation sites (tertiary alicyclic amines) is 1. The molecule has 2 amide bonds. The first-order valence-electron chi connectivity index (χ1n) is 13.7. The fraction of sp³-hybridized carbons (Fsp3) is 0.484. The summed E-state index contributed by atoms with van der Waals surface area (Å²) in [5.74, 6) is -0.708. The molecule has 0 unspecified atom stereocenters. The quantitative estimate of drug-likeness (QED) is 0.362. The predicted molar refractivity (Wildman–Crippen MR) is 144 cm³/mol. The Morgan fingerprint density at radius 2 is 1.81 bits per heavy atom. The number of nitrogens with zero attached hydrogens (tertiary/aromatic N) is 1. The average molecular weight is 504 g/mol. The number of amides is 2. The third-order valence-electron chi connectivity index (χ3n) is 8.33. The van der Waals surface area contributed by atoms with Crippen molar-refractivity contribution in [3.05, 3.63) is 58.7 Å². The van der Waals surface area contributed by atoms with Gasteiger partial charge in [0, 0.05) is 17.8 Å². The number of fused-ring (bicyclic) bond motifs is 4. The van der Waals surface area contributed by atoms with Crippen LogP contribution >= 0.6 is 0 Å². The number of aliphatic hydroxyl groups excluding tert-OH is 1. The summed E-state index contributed by atoms with van der Waals surface area (Å²) in [7, 11) is 0. The van der Waals surface area contributed by atoms with Crippen molar-refractivity contribution in [2.75, 3.05) is 19.8 Å². The van der Waals surface area contributed by atoms with Crippen molar-refractivity contribution < 1.29 is 24.5 Å². The highest BCUT2D eigenvalue weighted by Gasteiger charge is 2.56. The molecule has 4 atom stereocenters. The van der Waals surface area contributed by atoms with Gasteiger partial charge < -0.3 is 14.9 Å². The van der Waals surface area contributed by atoms with Crippen LogP contribution in [0, 0.1) is 17.8 Å². The molecule has 6 nitrogen and oxygen atoms in total. The standard InChI is InChI=1S/C31H37NO5/c1-3-7-19(15-20-11-12-26(34)23-9-6-5-8-22(20)23)10-13-27-28-21(17-33)16-24-29(25(28)18-37-27)31(36)32(14-4-2)30(24)35/h5-6,8-9,11-12,15,24-25,27,29,33-34H,3-4,7,10,13-14,16-18H2,1-2H3/b19-15+/t24-,25+,27-,29-/m1/s1. The molecule has 0 spiro atoms. The van der Waals surface area contributed by atoms with E-state index < -0.39 is 0 Å². The van der Waals surface area contributed by atoms with Crippen LogP contribution in [0.25, 0.3) is 16.8 Å². The van der Waals surface area contributed by atoms with Crippen LogP contribution in [0.2, 0.25) is 0 Å². The lowest BCUT2D eigenvalue weighted by atomic mass is 9.69. The normalized spacial score (nSPS) is 25.8.